The second-order valence-corrected chi connectivity index (χ2v) is 3.51. The summed E-state index contributed by atoms with van der Waals surface area (Å²) < 4.78 is 5.08. The summed E-state index contributed by atoms with van der Waals surface area (Å²) in [4.78, 5) is 20.9. The van der Waals surface area contributed by atoms with Gasteiger partial charge < -0.3 is 9.84 Å². The van der Waals surface area contributed by atoms with Gasteiger partial charge in [-0.2, -0.15) is 0 Å². The summed E-state index contributed by atoms with van der Waals surface area (Å²) in [5.74, 6) is -1.52. The molecule has 0 unspecified atom stereocenters. The van der Waals surface area contributed by atoms with Crippen LogP contribution in [0.2, 0.25) is 0 Å². The molecule has 4 heteroatoms. The van der Waals surface area contributed by atoms with Gasteiger partial charge in [-0.3, -0.25) is 9.59 Å². The number of aliphatic carboxylic acids is 1. The number of carbonyl (C=O) groups excluding carboxylic acids is 1. The molecule has 0 aromatic heterocycles. The van der Waals surface area contributed by atoms with E-state index < -0.39 is 23.8 Å². The maximum absolute atomic E-state index is 10.8. The van der Waals surface area contributed by atoms with Crippen LogP contribution in [0.15, 0.2) is 0 Å². The van der Waals surface area contributed by atoms with Crippen LogP contribution in [-0.2, 0) is 14.3 Å². The van der Waals surface area contributed by atoms with Crippen LogP contribution in [-0.4, -0.2) is 29.1 Å². The summed E-state index contributed by atoms with van der Waals surface area (Å²) in [7, 11) is 0. The number of carboxylic acid groups (broad SMARTS) is 1. The Labute approximate surface area is 71.5 Å². The van der Waals surface area contributed by atoms with E-state index in [0.717, 1.165) is 0 Å². The highest BCUT2D eigenvalue weighted by molar-refractivity contribution is 5.95. The van der Waals surface area contributed by atoms with Crippen molar-refractivity contribution in [2.75, 3.05) is 6.61 Å². The van der Waals surface area contributed by atoms with Crippen LogP contribution in [0, 0.1) is 0 Å². The van der Waals surface area contributed by atoms with Crippen LogP contribution in [0.1, 0.15) is 27.2 Å². The van der Waals surface area contributed by atoms with Gasteiger partial charge in [0.25, 0.3) is 0 Å². The molecule has 0 spiro atoms. The maximum atomic E-state index is 10.8. The van der Waals surface area contributed by atoms with E-state index in [1.165, 1.54) is 0 Å². The van der Waals surface area contributed by atoms with Gasteiger partial charge in [0.1, 0.15) is 13.0 Å². The fourth-order valence-electron chi connectivity index (χ4n) is 0.517. The van der Waals surface area contributed by atoms with Crippen molar-refractivity contribution >= 4 is 11.8 Å². The number of ether oxygens (including phenoxy) is 1. The number of Topliss-reactive ketones (excluding diaryl/α,β-unsaturated/α-hetero) is 1. The molecule has 0 atom stereocenters. The first-order chi connectivity index (χ1) is 5.31. The van der Waals surface area contributed by atoms with Crippen LogP contribution in [0.25, 0.3) is 0 Å². The molecule has 0 aliphatic carbocycles. The van der Waals surface area contributed by atoms with Crippen LogP contribution < -0.4 is 0 Å². The highest BCUT2D eigenvalue weighted by Crippen LogP contribution is 2.06. The summed E-state index contributed by atoms with van der Waals surface area (Å²) in [5.41, 5.74) is -0.395. The molecule has 0 amide bonds. The largest absolute Gasteiger partial charge is 0.481 e. The zero-order valence-electron chi connectivity index (χ0n) is 7.59. The third-order valence-corrected chi connectivity index (χ3v) is 1.01. The lowest BCUT2D eigenvalue weighted by Gasteiger charge is -2.18. The molecule has 0 aromatic rings. The predicted molar refractivity (Wildman–Crippen MR) is 43.0 cm³/mol. The second kappa shape index (κ2) is 4.21. The van der Waals surface area contributed by atoms with Gasteiger partial charge in [-0.05, 0) is 20.8 Å². The average Bonchev–Trinajstić information content (AvgIpc) is 1.80. The Morgan fingerprint density at radius 1 is 1.33 bits per heavy atom. The summed E-state index contributed by atoms with van der Waals surface area (Å²) in [6, 6.07) is 0. The van der Waals surface area contributed by atoms with Gasteiger partial charge in [0.15, 0.2) is 5.78 Å². The summed E-state index contributed by atoms with van der Waals surface area (Å²) >= 11 is 0. The lowest BCUT2D eigenvalue weighted by atomic mass is 10.2. The smallest absolute Gasteiger partial charge is 0.310 e. The first-order valence-corrected chi connectivity index (χ1v) is 3.69. The van der Waals surface area contributed by atoms with E-state index >= 15 is 0 Å². The molecular formula is C8H14O4. The first-order valence-electron chi connectivity index (χ1n) is 3.69. The highest BCUT2D eigenvalue weighted by Gasteiger charge is 2.14. The summed E-state index contributed by atoms with van der Waals surface area (Å²) in [6.07, 6.45) is -0.462. The predicted octanol–water partition coefficient (Wildman–Crippen LogP) is 0.845. The molecule has 0 rings (SSSR count). The molecule has 70 valence electrons. The minimum absolute atomic E-state index is 0.129. The standard InChI is InChI=1S/C8H14O4/c1-8(2,3)12-5-6(9)4-7(10)11/h4-5H2,1-3H3,(H,10,11). The van der Waals surface area contributed by atoms with Crippen LogP contribution in [0.4, 0.5) is 0 Å². The zero-order valence-corrected chi connectivity index (χ0v) is 7.59. The van der Waals surface area contributed by atoms with Gasteiger partial charge in [0.2, 0.25) is 0 Å². The third kappa shape index (κ3) is 7.21. The zero-order chi connectivity index (χ0) is 9.78. The van der Waals surface area contributed by atoms with Crippen molar-refractivity contribution in [2.45, 2.75) is 32.8 Å². The van der Waals surface area contributed by atoms with Crippen LogP contribution in [0.5, 0.6) is 0 Å². The fourth-order valence-corrected chi connectivity index (χ4v) is 0.517. The molecule has 0 aliphatic rings. The van der Waals surface area contributed by atoms with Crippen molar-refractivity contribution < 1.29 is 19.4 Å². The summed E-state index contributed by atoms with van der Waals surface area (Å²) in [6.45, 7) is 5.29. The van der Waals surface area contributed by atoms with Gasteiger partial charge in [-0.1, -0.05) is 0 Å². The van der Waals surface area contributed by atoms with E-state index in [2.05, 4.69) is 0 Å². The topological polar surface area (TPSA) is 63.6 Å². The Bertz CT molecular complexity index is 178. The molecule has 0 aliphatic heterocycles. The first kappa shape index (κ1) is 11.1. The number of ketones is 1. The van der Waals surface area contributed by atoms with Crippen molar-refractivity contribution in [1.29, 1.82) is 0 Å². The van der Waals surface area contributed by atoms with Gasteiger partial charge in [0.05, 0.1) is 5.60 Å². The minimum Gasteiger partial charge on any atom is -0.481 e. The van der Waals surface area contributed by atoms with E-state index in [4.69, 9.17) is 9.84 Å². The highest BCUT2D eigenvalue weighted by atomic mass is 16.5. The van der Waals surface area contributed by atoms with Crippen LogP contribution in [0.3, 0.4) is 0 Å². The van der Waals surface area contributed by atoms with Crippen LogP contribution >= 0.6 is 0 Å². The molecule has 0 aromatic carbocycles. The van der Waals surface area contributed by atoms with Gasteiger partial charge in [-0.15, -0.1) is 0 Å². The molecule has 12 heavy (non-hydrogen) atoms. The number of carboxylic acids is 1. The Morgan fingerprint density at radius 2 is 1.83 bits per heavy atom. The SMILES string of the molecule is CC(C)(C)OCC(=O)CC(=O)O. The van der Waals surface area contributed by atoms with Crippen molar-refractivity contribution in [1.82, 2.24) is 0 Å². The molecule has 0 fully saturated rings. The Balaban J connectivity index is 3.65. The van der Waals surface area contributed by atoms with Crippen molar-refractivity contribution in [3.8, 4) is 0 Å². The molecule has 0 radical (unpaired) electrons. The number of hydrogen-bond donors (Lipinski definition) is 1. The Hall–Kier alpha value is -0.900. The Morgan fingerprint density at radius 3 is 2.17 bits per heavy atom. The lowest BCUT2D eigenvalue weighted by molar-refractivity contribution is -0.142. The molecule has 0 heterocycles. The molecule has 1 N–H and O–H groups in total. The average molecular weight is 174 g/mol. The van der Waals surface area contributed by atoms with Crippen molar-refractivity contribution in [2.24, 2.45) is 0 Å². The third-order valence-electron chi connectivity index (χ3n) is 1.01. The second-order valence-electron chi connectivity index (χ2n) is 3.51. The number of rotatable bonds is 4. The molecule has 0 saturated carbocycles. The van der Waals surface area contributed by atoms with Gasteiger partial charge in [-0.25, -0.2) is 0 Å². The fraction of sp³-hybridized carbons (Fsp3) is 0.750. The molecule has 0 saturated heterocycles. The number of carbonyl (C=O) groups is 2. The maximum Gasteiger partial charge on any atom is 0.310 e. The molecular weight excluding hydrogens is 160 g/mol. The van der Waals surface area contributed by atoms with Gasteiger partial charge >= 0.3 is 5.97 Å². The van der Waals surface area contributed by atoms with E-state index in [1.807, 2.05) is 0 Å². The molecule has 0 bridgehead atoms. The summed E-state index contributed by atoms with van der Waals surface area (Å²) in [5, 5.41) is 8.24. The number of hydrogen-bond acceptors (Lipinski definition) is 3. The van der Waals surface area contributed by atoms with E-state index in [0.29, 0.717) is 0 Å². The molecule has 4 nitrogen and oxygen atoms in total. The quantitative estimate of drug-likeness (QED) is 0.641. The Kier molecular flexibility index (Phi) is 3.89. The van der Waals surface area contributed by atoms with Crippen molar-refractivity contribution in [3.05, 3.63) is 0 Å². The van der Waals surface area contributed by atoms with E-state index in [-0.39, 0.29) is 6.61 Å². The minimum atomic E-state index is -1.11. The van der Waals surface area contributed by atoms with Crippen molar-refractivity contribution in [3.63, 3.8) is 0 Å². The normalized spacial score (nSPS) is 11.2. The monoisotopic (exact) mass is 174 g/mol. The van der Waals surface area contributed by atoms with E-state index in [1.54, 1.807) is 20.8 Å². The lowest BCUT2D eigenvalue weighted by Crippen LogP contribution is -2.24. The van der Waals surface area contributed by atoms with Gasteiger partial charge in [0, 0.05) is 0 Å². The van der Waals surface area contributed by atoms with E-state index in [9.17, 15) is 9.59 Å².